The zero-order valence-corrected chi connectivity index (χ0v) is 13.7. The Hall–Kier alpha value is -2.69. The van der Waals surface area contributed by atoms with Gasteiger partial charge in [-0.3, -0.25) is 9.97 Å². The molecule has 0 atom stereocenters. The lowest BCUT2D eigenvalue weighted by molar-refractivity contribution is 0.186. The van der Waals surface area contributed by atoms with Gasteiger partial charge in [0.05, 0.1) is 16.7 Å². The van der Waals surface area contributed by atoms with Crippen LogP contribution in [-0.2, 0) is 0 Å². The van der Waals surface area contributed by atoms with Crippen molar-refractivity contribution < 1.29 is 4.79 Å². The van der Waals surface area contributed by atoms with E-state index in [1.54, 1.807) is 12.4 Å². The zero-order valence-electron chi connectivity index (χ0n) is 13.7. The number of aromatic nitrogens is 2. The molecule has 0 spiro atoms. The molecule has 0 bridgehead atoms. The van der Waals surface area contributed by atoms with Gasteiger partial charge in [0, 0.05) is 36.3 Å². The number of fused-ring (bicyclic) bond motifs is 3. The first-order valence-corrected chi connectivity index (χ1v) is 8.41. The molecule has 5 heteroatoms. The van der Waals surface area contributed by atoms with Crippen molar-refractivity contribution in [2.45, 2.75) is 19.8 Å². The summed E-state index contributed by atoms with van der Waals surface area (Å²) in [6.07, 6.45) is 5.66. The predicted molar refractivity (Wildman–Crippen MR) is 96.0 cm³/mol. The summed E-state index contributed by atoms with van der Waals surface area (Å²) < 4.78 is 0. The van der Waals surface area contributed by atoms with Crippen LogP contribution in [0.1, 0.15) is 19.8 Å². The fourth-order valence-electron chi connectivity index (χ4n) is 3.29. The third kappa shape index (κ3) is 2.66. The average Bonchev–Trinajstić information content (AvgIpc) is 2.62. The monoisotopic (exact) mass is 320 g/mol. The van der Waals surface area contributed by atoms with Gasteiger partial charge in [-0.1, -0.05) is 13.0 Å². The number of rotatable bonds is 1. The van der Waals surface area contributed by atoms with Crippen LogP contribution in [0.15, 0.2) is 42.7 Å². The number of hydrogen-bond acceptors (Lipinski definition) is 3. The third-order valence-electron chi connectivity index (χ3n) is 4.77. The van der Waals surface area contributed by atoms with E-state index >= 15 is 0 Å². The number of likely N-dealkylation sites (tertiary alicyclic amines) is 1. The minimum absolute atomic E-state index is 0.0321. The molecule has 0 aliphatic carbocycles. The second-order valence-electron chi connectivity index (χ2n) is 6.50. The molecule has 1 fully saturated rings. The van der Waals surface area contributed by atoms with Crippen LogP contribution in [0.4, 0.5) is 10.5 Å². The molecule has 122 valence electrons. The Morgan fingerprint density at radius 2 is 1.83 bits per heavy atom. The zero-order chi connectivity index (χ0) is 16.5. The van der Waals surface area contributed by atoms with E-state index in [4.69, 9.17) is 0 Å². The standard InChI is InChI=1S/C19H20N4O/c1-13-6-10-23(11-7-13)19(24)22-16-12-14-4-2-8-20-17(14)18-15(16)5-3-9-21-18/h2-5,8-9,12-13H,6-7,10-11H2,1H3,(H,22,24). The van der Waals surface area contributed by atoms with Gasteiger partial charge >= 0.3 is 6.03 Å². The number of benzene rings is 1. The van der Waals surface area contributed by atoms with Crippen LogP contribution in [0.3, 0.4) is 0 Å². The summed E-state index contributed by atoms with van der Waals surface area (Å²) in [5.74, 6) is 0.700. The van der Waals surface area contributed by atoms with Crippen LogP contribution in [0.5, 0.6) is 0 Å². The maximum atomic E-state index is 12.6. The van der Waals surface area contributed by atoms with Gasteiger partial charge in [-0.2, -0.15) is 0 Å². The van der Waals surface area contributed by atoms with Crippen molar-refractivity contribution in [3.63, 3.8) is 0 Å². The number of amides is 2. The number of nitrogens with zero attached hydrogens (tertiary/aromatic N) is 3. The first-order valence-electron chi connectivity index (χ1n) is 8.41. The van der Waals surface area contributed by atoms with Gasteiger partial charge in [0.1, 0.15) is 0 Å². The molecule has 2 amide bonds. The van der Waals surface area contributed by atoms with Gasteiger partial charge in [0.25, 0.3) is 0 Å². The van der Waals surface area contributed by atoms with E-state index in [-0.39, 0.29) is 6.03 Å². The molecule has 4 rings (SSSR count). The summed E-state index contributed by atoms with van der Waals surface area (Å²) >= 11 is 0. The second-order valence-corrected chi connectivity index (χ2v) is 6.50. The number of carbonyl (C=O) groups is 1. The van der Waals surface area contributed by atoms with Gasteiger partial charge in [0.2, 0.25) is 0 Å². The van der Waals surface area contributed by atoms with Crippen LogP contribution in [-0.4, -0.2) is 34.0 Å². The molecule has 3 aromatic rings. The first-order chi connectivity index (χ1) is 11.7. The number of piperidine rings is 1. The summed E-state index contributed by atoms with van der Waals surface area (Å²) in [6, 6.07) is 9.70. The van der Waals surface area contributed by atoms with Crippen molar-refractivity contribution in [3.8, 4) is 0 Å². The Bertz CT molecular complexity index is 900. The summed E-state index contributed by atoms with van der Waals surface area (Å²) in [6.45, 7) is 3.88. The molecule has 2 aromatic heterocycles. The van der Waals surface area contributed by atoms with E-state index in [0.29, 0.717) is 5.92 Å². The van der Waals surface area contributed by atoms with E-state index in [9.17, 15) is 4.79 Å². The number of urea groups is 1. The third-order valence-corrected chi connectivity index (χ3v) is 4.77. The Morgan fingerprint density at radius 1 is 1.12 bits per heavy atom. The fourth-order valence-corrected chi connectivity index (χ4v) is 3.29. The van der Waals surface area contributed by atoms with E-state index < -0.39 is 0 Å². The highest BCUT2D eigenvalue weighted by Gasteiger charge is 2.21. The van der Waals surface area contributed by atoms with Crippen molar-refractivity contribution in [3.05, 3.63) is 42.7 Å². The molecule has 1 aliphatic heterocycles. The minimum Gasteiger partial charge on any atom is -0.325 e. The Balaban J connectivity index is 1.71. The Labute approximate surface area is 140 Å². The average molecular weight is 320 g/mol. The van der Waals surface area contributed by atoms with Crippen LogP contribution >= 0.6 is 0 Å². The molecule has 1 N–H and O–H groups in total. The van der Waals surface area contributed by atoms with Gasteiger partial charge < -0.3 is 10.2 Å². The van der Waals surface area contributed by atoms with Gasteiger partial charge in [-0.25, -0.2) is 4.79 Å². The Kier molecular flexibility index (Phi) is 3.76. The quantitative estimate of drug-likeness (QED) is 0.688. The van der Waals surface area contributed by atoms with Crippen molar-refractivity contribution in [1.82, 2.24) is 14.9 Å². The van der Waals surface area contributed by atoms with Gasteiger partial charge in [-0.15, -0.1) is 0 Å². The number of carbonyl (C=O) groups excluding carboxylic acids is 1. The normalized spacial score (nSPS) is 15.8. The molecule has 5 nitrogen and oxygen atoms in total. The summed E-state index contributed by atoms with van der Waals surface area (Å²) in [7, 11) is 0. The largest absolute Gasteiger partial charge is 0.325 e. The fraction of sp³-hybridized carbons (Fsp3) is 0.316. The molecule has 0 saturated carbocycles. The lowest BCUT2D eigenvalue weighted by Gasteiger charge is -2.30. The minimum atomic E-state index is -0.0321. The van der Waals surface area contributed by atoms with Crippen LogP contribution in [0, 0.1) is 5.92 Å². The molecule has 1 saturated heterocycles. The molecular weight excluding hydrogens is 300 g/mol. The molecule has 0 unspecified atom stereocenters. The Morgan fingerprint density at radius 3 is 2.62 bits per heavy atom. The predicted octanol–water partition coefficient (Wildman–Crippen LogP) is 4.05. The lowest BCUT2D eigenvalue weighted by atomic mass is 10.00. The molecule has 3 heterocycles. The highest BCUT2D eigenvalue weighted by molar-refractivity contribution is 6.11. The molecule has 1 aromatic carbocycles. The van der Waals surface area contributed by atoms with Crippen molar-refractivity contribution >= 4 is 33.5 Å². The van der Waals surface area contributed by atoms with Crippen molar-refractivity contribution in [2.24, 2.45) is 5.92 Å². The van der Waals surface area contributed by atoms with Crippen LogP contribution < -0.4 is 5.32 Å². The second kappa shape index (κ2) is 6.07. The SMILES string of the molecule is CC1CCN(C(=O)Nc2cc3cccnc3c3ncccc23)CC1. The number of anilines is 1. The molecule has 1 aliphatic rings. The summed E-state index contributed by atoms with van der Waals surface area (Å²) in [4.78, 5) is 23.4. The highest BCUT2D eigenvalue weighted by Crippen LogP contribution is 2.29. The molecular formula is C19H20N4O. The number of hydrogen-bond donors (Lipinski definition) is 1. The van der Waals surface area contributed by atoms with E-state index in [0.717, 1.165) is 53.4 Å². The first kappa shape index (κ1) is 14.9. The smallest absolute Gasteiger partial charge is 0.321 e. The maximum absolute atomic E-state index is 12.6. The van der Waals surface area contributed by atoms with Crippen LogP contribution in [0.2, 0.25) is 0 Å². The van der Waals surface area contributed by atoms with Crippen molar-refractivity contribution in [2.75, 3.05) is 18.4 Å². The van der Waals surface area contributed by atoms with Gasteiger partial charge in [0.15, 0.2) is 0 Å². The van der Waals surface area contributed by atoms with E-state index in [1.807, 2.05) is 35.2 Å². The molecule has 0 radical (unpaired) electrons. The van der Waals surface area contributed by atoms with E-state index in [1.165, 1.54) is 0 Å². The molecule has 24 heavy (non-hydrogen) atoms. The highest BCUT2D eigenvalue weighted by atomic mass is 16.2. The summed E-state index contributed by atoms with van der Waals surface area (Å²) in [5, 5.41) is 4.98. The van der Waals surface area contributed by atoms with Crippen molar-refractivity contribution in [1.29, 1.82) is 0 Å². The number of pyridine rings is 2. The number of nitrogens with one attached hydrogen (secondary N) is 1. The van der Waals surface area contributed by atoms with Crippen LogP contribution in [0.25, 0.3) is 21.8 Å². The van der Waals surface area contributed by atoms with E-state index in [2.05, 4.69) is 22.2 Å². The van der Waals surface area contributed by atoms with Gasteiger partial charge in [-0.05, 0) is 43.0 Å². The summed E-state index contributed by atoms with van der Waals surface area (Å²) in [5.41, 5.74) is 2.47. The topological polar surface area (TPSA) is 58.1 Å². The maximum Gasteiger partial charge on any atom is 0.321 e. The lowest BCUT2D eigenvalue weighted by Crippen LogP contribution is -2.40.